The van der Waals surface area contributed by atoms with Crippen molar-refractivity contribution >= 4 is 6.03 Å². The van der Waals surface area contributed by atoms with E-state index in [2.05, 4.69) is 17.5 Å². The van der Waals surface area contributed by atoms with Crippen LogP contribution in [-0.4, -0.2) is 24.0 Å². The van der Waals surface area contributed by atoms with E-state index in [-0.39, 0.29) is 11.8 Å². The van der Waals surface area contributed by atoms with Crippen LogP contribution in [0.5, 0.6) is 0 Å². The molecule has 1 aliphatic heterocycles. The number of halogens is 1. The van der Waals surface area contributed by atoms with E-state index in [0.717, 1.165) is 31.5 Å². The van der Waals surface area contributed by atoms with Gasteiger partial charge in [-0.3, -0.25) is 0 Å². The van der Waals surface area contributed by atoms with E-state index in [1.807, 2.05) is 4.90 Å². The number of nitrogens with zero attached hydrogens (tertiary/aromatic N) is 1. The molecule has 3 rings (SSSR count). The van der Waals surface area contributed by atoms with Crippen molar-refractivity contribution in [3.63, 3.8) is 0 Å². The number of hydrogen-bond acceptors (Lipinski definition) is 1. The van der Waals surface area contributed by atoms with E-state index in [4.69, 9.17) is 0 Å². The zero-order chi connectivity index (χ0) is 13.9. The van der Waals surface area contributed by atoms with Gasteiger partial charge >= 0.3 is 6.03 Å². The summed E-state index contributed by atoms with van der Waals surface area (Å²) in [4.78, 5) is 14.1. The number of likely N-dealkylation sites (tertiary alicyclic amines) is 1. The Hall–Kier alpha value is -1.84. The van der Waals surface area contributed by atoms with Crippen molar-refractivity contribution < 1.29 is 9.18 Å². The summed E-state index contributed by atoms with van der Waals surface area (Å²) >= 11 is 0. The molecule has 20 heavy (non-hydrogen) atoms. The average Bonchev–Trinajstić information content (AvgIpc) is 2.90. The maximum absolute atomic E-state index is 12.8. The maximum Gasteiger partial charge on any atom is 0.317 e. The van der Waals surface area contributed by atoms with Gasteiger partial charge in [-0.2, -0.15) is 0 Å². The lowest BCUT2D eigenvalue weighted by Gasteiger charge is -2.17. The summed E-state index contributed by atoms with van der Waals surface area (Å²) in [5, 5.41) is 2.91. The zero-order valence-electron chi connectivity index (χ0n) is 11.4. The van der Waals surface area contributed by atoms with Crippen LogP contribution < -0.4 is 5.32 Å². The molecule has 3 nitrogen and oxygen atoms in total. The molecule has 1 N–H and O–H groups in total. The predicted octanol–water partition coefficient (Wildman–Crippen LogP) is 2.93. The van der Waals surface area contributed by atoms with Crippen molar-refractivity contribution in [3.05, 3.63) is 47.8 Å². The van der Waals surface area contributed by atoms with Crippen LogP contribution >= 0.6 is 0 Å². The first kappa shape index (κ1) is 13.2. The van der Waals surface area contributed by atoms with E-state index in [9.17, 15) is 9.18 Å². The molecule has 0 spiro atoms. The molecule has 2 aliphatic rings. The van der Waals surface area contributed by atoms with E-state index in [1.54, 1.807) is 12.1 Å². The summed E-state index contributed by atoms with van der Waals surface area (Å²) in [6.45, 7) is 2.15. The molecule has 0 saturated carbocycles. The van der Waals surface area contributed by atoms with Crippen molar-refractivity contribution in [2.45, 2.75) is 19.4 Å². The van der Waals surface area contributed by atoms with Gasteiger partial charge in [-0.1, -0.05) is 24.3 Å². The van der Waals surface area contributed by atoms with Gasteiger partial charge < -0.3 is 10.2 Å². The van der Waals surface area contributed by atoms with E-state index >= 15 is 0 Å². The lowest BCUT2D eigenvalue weighted by atomic mass is 9.86. The van der Waals surface area contributed by atoms with Gasteiger partial charge in [-0.05, 0) is 42.4 Å². The molecule has 2 unspecified atom stereocenters. The van der Waals surface area contributed by atoms with Crippen LogP contribution in [0, 0.1) is 17.7 Å². The zero-order valence-corrected chi connectivity index (χ0v) is 11.4. The molecule has 0 bridgehead atoms. The molecule has 1 aromatic rings. The number of hydrogen-bond donors (Lipinski definition) is 1. The smallest absolute Gasteiger partial charge is 0.317 e. The maximum atomic E-state index is 12.8. The minimum Gasteiger partial charge on any atom is -0.334 e. The fourth-order valence-electron chi connectivity index (χ4n) is 3.07. The van der Waals surface area contributed by atoms with E-state index < -0.39 is 0 Å². The molecular formula is C16H19FN2O. The highest BCUT2D eigenvalue weighted by Crippen LogP contribution is 2.32. The Morgan fingerprint density at radius 2 is 1.75 bits per heavy atom. The van der Waals surface area contributed by atoms with Crippen LogP contribution in [0.15, 0.2) is 36.4 Å². The van der Waals surface area contributed by atoms with Gasteiger partial charge in [-0.15, -0.1) is 0 Å². The molecule has 1 aliphatic carbocycles. The monoisotopic (exact) mass is 274 g/mol. The summed E-state index contributed by atoms with van der Waals surface area (Å²) in [5.41, 5.74) is 0.915. The Kier molecular flexibility index (Phi) is 3.72. The molecule has 1 fully saturated rings. The summed E-state index contributed by atoms with van der Waals surface area (Å²) in [5.74, 6) is 0.990. The number of fused-ring (bicyclic) bond motifs is 1. The third kappa shape index (κ3) is 2.84. The van der Waals surface area contributed by atoms with Gasteiger partial charge in [-0.25, -0.2) is 9.18 Å². The van der Waals surface area contributed by atoms with Crippen LogP contribution in [0.1, 0.15) is 18.4 Å². The minimum atomic E-state index is -0.254. The summed E-state index contributed by atoms with van der Waals surface area (Å²) in [6.07, 6.45) is 6.63. The van der Waals surface area contributed by atoms with Gasteiger partial charge in [0.25, 0.3) is 0 Å². The van der Waals surface area contributed by atoms with Crippen LogP contribution in [0.4, 0.5) is 9.18 Å². The highest BCUT2D eigenvalue weighted by Gasteiger charge is 2.34. The number of carbonyl (C=O) groups excluding carboxylic acids is 1. The quantitative estimate of drug-likeness (QED) is 0.826. The number of allylic oxidation sites excluding steroid dienone is 2. The molecule has 2 atom stereocenters. The third-order valence-electron chi connectivity index (χ3n) is 4.26. The number of nitrogens with one attached hydrogen (secondary N) is 1. The number of urea groups is 1. The average molecular weight is 274 g/mol. The molecule has 1 heterocycles. The Balaban J connectivity index is 1.51. The Morgan fingerprint density at radius 1 is 1.15 bits per heavy atom. The largest absolute Gasteiger partial charge is 0.334 e. The second-order valence-electron chi connectivity index (χ2n) is 5.65. The molecule has 0 aromatic heterocycles. The molecule has 106 valence electrons. The van der Waals surface area contributed by atoms with E-state index in [0.29, 0.717) is 18.4 Å². The fraction of sp³-hybridized carbons (Fsp3) is 0.438. The van der Waals surface area contributed by atoms with Gasteiger partial charge in [0, 0.05) is 19.6 Å². The normalized spacial score (nSPS) is 24.6. The van der Waals surface area contributed by atoms with Crippen LogP contribution in [0.3, 0.4) is 0 Å². The highest BCUT2D eigenvalue weighted by molar-refractivity contribution is 5.74. The van der Waals surface area contributed by atoms with Gasteiger partial charge in [0.2, 0.25) is 0 Å². The van der Waals surface area contributed by atoms with Crippen molar-refractivity contribution in [2.24, 2.45) is 11.8 Å². The summed E-state index contributed by atoms with van der Waals surface area (Å²) in [6, 6.07) is 6.21. The second-order valence-corrected chi connectivity index (χ2v) is 5.65. The Morgan fingerprint density at radius 3 is 2.35 bits per heavy atom. The lowest BCUT2D eigenvalue weighted by Crippen LogP contribution is -2.38. The summed E-state index contributed by atoms with van der Waals surface area (Å²) in [7, 11) is 0. The SMILES string of the molecule is O=C(NCc1ccc(F)cc1)N1CC2CC=CCC2C1. The van der Waals surface area contributed by atoms with Crippen LogP contribution in [0.2, 0.25) is 0 Å². The van der Waals surface area contributed by atoms with E-state index in [1.165, 1.54) is 12.1 Å². The molecule has 2 amide bonds. The second kappa shape index (κ2) is 5.65. The molecule has 1 saturated heterocycles. The molecular weight excluding hydrogens is 255 g/mol. The van der Waals surface area contributed by atoms with Gasteiger partial charge in [0.1, 0.15) is 5.82 Å². The van der Waals surface area contributed by atoms with Crippen molar-refractivity contribution in [1.29, 1.82) is 0 Å². The predicted molar refractivity (Wildman–Crippen MR) is 75.6 cm³/mol. The molecule has 1 aromatic carbocycles. The number of rotatable bonds is 2. The first-order valence-corrected chi connectivity index (χ1v) is 7.14. The minimum absolute atomic E-state index is 0.0104. The van der Waals surface area contributed by atoms with Crippen molar-refractivity contribution in [3.8, 4) is 0 Å². The first-order valence-electron chi connectivity index (χ1n) is 7.14. The number of carbonyl (C=O) groups is 1. The highest BCUT2D eigenvalue weighted by atomic mass is 19.1. The first-order chi connectivity index (χ1) is 9.72. The molecule has 4 heteroatoms. The fourth-order valence-corrected chi connectivity index (χ4v) is 3.07. The van der Waals surface area contributed by atoms with Gasteiger partial charge in [0.15, 0.2) is 0 Å². The summed E-state index contributed by atoms with van der Waals surface area (Å²) < 4.78 is 12.8. The van der Waals surface area contributed by atoms with Crippen LogP contribution in [-0.2, 0) is 6.54 Å². The standard InChI is InChI=1S/C16H19FN2O/c17-15-7-5-12(6-8-15)9-18-16(20)19-10-13-3-1-2-4-14(13)11-19/h1-2,5-8,13-14H,3-4,9-11H2,(H,18,20). The van der Waals surface area contributed by atoms with Gasteiger partial charge in [0.05, 0.1) is 0 Å². The Labute approximate surface area is 118 Å². The molecule has 0 radical (unpaired) electrons. The lowest BCUT2D eigenvalue weighted by molar-refractivity contribution is 0.206. The number of amides is 2. The topological polar surface area (TPSA) is 32.3 Å². The Bertz CT molecular complexity index is 496. The number of benzene rings is 1. The van der Waals surface area contributed by atoms with Crippen molar-refractivity contribution in [1.82, 2.24) is 10.2 Å². The van der Waals surface area contributed by atoms with Crippen molar-refractivity contribution in [2.75, 3.05) is 13.1 Å². The third-order valence-corrected chi connectivity index (χ3v) is 4.26. The van der Waals surface area contributed by atoms with Crippen LogP contribution in [0.25, 0.3) is 0 Å².